The highest BCUT2D eigenvalue weighted by Crippen LogP contribution is 2.53. The normalized spacial score (nSPS) is 12.0. The van der Waals surface area contributed by atoms with Crippen LogP contribution < -0.4 is 16.0 Å². The van der Waals surface area contributed by atoms with Crippen LogP contribution in [0.25, 0.3) is 0 Å². The number of rotatable bonds is 6. The molecule has 0 radical (unpaired) electrons. The summed E-state index contributed by atoms with van der Waals surface area (Å²) < 4.78 is 98.3. The predicted octanol–water partition coefficient (Wildman–Crippen LogP) is 7.99. The van der Waals surface area contributed by atoms with E-state index in [1.807, 2.05) is 6.07 Å². The molecule has 0 saturated heterocycles. The van der Waals surface area contributed by atoms with E-state index < -0.39 is 35.7 Å². The fraction of sp³-hybridized carbons (Fsp3) is 0.231. The molecule has 13 heteroatoms. The number of hydrogen-bond acceptors (Lipinski definition) is 3. The van der Waals surface area contributed by atoms with Crippen LogP contribution in [0.15, 0.2) is 66.7 Å². The van der Waals surface area contributed by atoms with Gasteiger partial charge >= 0.3 is 30.1 Å². The molecule has 0 aromatic heterocycles. The summed E-state index contributed by atoms with van der Waals surface area (Å²) in [5.41, 5.74) is -6.58. The van der Waals surface area contributed by atoms with Gasteiger partial charge in [0.15, 0.2) is 0 Å². The number of halogens is 7. The fourth-order valence-electron chi connectivity index (χ4n) is 3.68. The number of anilines is 3. The van der Waals surface area contributed by atoms with Crippen LogP contribution in [0.4, 0.5) is 57.4 Å². The number of alkyl halides is 7. The van der Waals surface area contributed by atoms with Crippen molar-refractivity contribution in [3.05, 3.63) is 89.0 Å². The van der Waals surface area contributed by atoms with Gasteiger partial charge < -0.3 is 15.4 Å². The van der Waals surface area contributed by atoms with Crippen molar-refractivity contribution >= 4 is 29.2 Å². The lowest BCUT2D eigenvalue weighted by Crippen LogP contribution is -2.50. The van der Waals surface area contributed by atoms with Crippen molar-refractivity contribution in [2.45, 2.75) is 38.5 Å². The van der Waals surface area contributed by atoms with E-state index in [0.29, 0.717) is 12.1 Å². The molecule has 0 spiro atoms. The van der Waals surface area contributed by atoms with Gasteiger partial charge in [0, 0.05) is 22.6 Å². The molecule has 0 aliphatic carbocycles. The number of nitrogens with one attached hydrogen (secondary N) is 3. The SMILES string of the molecule is Cc1cc(C(F)(C(F)(F)F)C(F)(F)F)cc(C)c1NC(=O)Nc1cccc(NC(=O)OCc2ccccc2)c1. The van der Waals surface area contributed by atoms with Gasteiger partial charge in [0.2, 0.25) is 0 Å². The molecule has 0 atom stereocenters. The Balaban J connectivity index is 1.69. The molecule has 0 unspecified atom stereocenters. The first kappa shape index (κ1) is 29.3. The minimum Gasteiger partial charge on any atom is -0.444 e. The van der Waals surface area contributed by atoms with Crippen LogP contribution >= 0.6 is 0 Å². The number of carbonyl (C=O) groups is 2. The molecule has 3 aromatic rings. The van der Waals surface area contributed by atoms with Crippen LogP contribution in [0.5, 0.6) is 0 Å². The fourth-order valence-corrected chi connectivity index (χ4v) is 3.68. The van der Waals surface area contributed by atoms with Gasteiger partial charge in [-0.05, 0) is 48.7 Å². The number of urea groups is 1. The van der Waals surface area contributed by atoms with Crippen LogP contribution in [-0.2, 0) is 17.0 Å². The maximum Gasteiger partial charge on any atom is 0.435 e. The molecule has 0 bridgehead atoms. The largest absolute Gasteiger partial charge is 0.444 e. The van der Waals surface area contributed by atoms with E-state index in [9.17, 15) is 40.3 Å². The number of ether oxygens (including phenoxy) is 1. The number of carbonyl (C=O) groups excluding carboxylic acids is 2. The summed E-state index contributed by atoms with van der Waals surface area (Å²) in [5.74, 6) is 0. The first-order valence-electron chi connectivity index (χ1n) is 11.2. The third-order valence-electron chi connectivity index (χ3n) is 5.53. The van der Waals surface area contributed by atoms with Crippen LogP contribution in [0, 0.1) is 13.8 Å². The highest BCUT2D eigenvalue weighted by atomic mass is 19.4. The monoisotopic (exact) mass is 557 g/mol. The third-order valence-corrected chi connectivity index (χ3v) is 5.53. The van der Waals surface area contributed by atoms with E-state index in [1.54, 1.807) is 24.3 Å². The van der Waals surface area contributed by atoms with Crippen molar-refractivity contribution in [3.8, 4) is 0 Å². The first-order valence-corrected chi connectivity index (χ1v) is 11.2. The standard InChI is InChI=1S/C26H22F7N3O3/c1-15-11-18(24(27,25(28,29)30)26(31,32)33)12-16(2)21(15)36-22(37)34-19-9-6-10-20(13-19)35-23(38)39-14-17-7-4-3-5-8-17/h3-13H,14H2,1-2H3,(H,35,38)(H2,34,36,37). The molecule has 39 heavy (non-hydrogen) atoms. The zero-order chi connectivity index (χ0) is 29.0. The Morgan fingerprint density at radius 2 is 1.26 bits per heavy atom. The minimum atomic E-state index is -6.26. The maximum atomic E-state index is 14.5. The zero-order valence-corrected chi connectivity index (χ0v) is 20.4. The molecule has 3 rings (SSSR count). The second-order valence-electron chi connectivity index (χ2n) is 8.49. The topological polar surface area (TPSA) is 79.5 Å². The van der Waals surface area contributed by atoms with Gasteiger partial charge in [-0.15, -0.1) is 0 Å². The van der Waals surface area contributed by atoms with Crippen molar-refractivity contribution < 1.29 is 45.1 Å². The van der Waals surface area contributed by atoms with Crippen molar-refractivity contribution in [1.29, 1.82) is 0 Å². The molecule has 0 heterocycles. The molecule has 0 fully saturated rings. The Labute approximate surface area is 218 Å². The summed E-state index contributed by atoms with van der Waals surface area (Å²) >= 11 is 0. The molecule has 3 amide bonds. The summed E-state index contributed by atoms with van der Waals surface area (Å²) in [6.45, 7) is 2.29. The summed E-state index contributed by atoms with van der Waals surface area (Å²) in [4.78, 5) is 24.6. The lowest BCUT2D eigenvalue weighted by molar-refractivity contribution is -0.348. The third kappa shape index (κ3) is 6.78. The van der Waals surface area contributed by atoms with Crippen molar-refractivity contribution in [2.24, 2.45) is 0 Å². The van der Waals surface area contributed by atoms with Gasteiger partial charge in [0.25, 0.3) is 0 Å². The number of hydrogen-bond donors (Lipinski definition) is 3. The maximum absolute atomic E-state index is 14.5. The quantitative estimate of drug-likeness (QED) is 0.269. The Bertz CT molecular complexity index is 1310. The Morgan fingerprint density at radius 3 is 1.79 bits per heavy atom. The molecular formula is C26H22F7N3O3. The van der Waals surface area contributed by atoms with Gasteiger partial charge in [0.1, 0.15) is 6.61 Å². The van der Waals surface area contributed by atoms with E-state index in [1.165, 1.54) is 24.3 Å². The lowest BCUT2D eigenvalue weighted by atomic mass is 9.90. The summed E-state index contributed by atoms with van der Waals surface area (Å²) in [6, 6.07) is 14.7. The Kier molecular flexibility index (Phi) is 8.42. The average molecular weight is 557 g/mol. The highest BCUT2D eigenvalue weighted by molar-refractivity contribution is 6.01. The van der Waals surface area contributed by atoms with Gasteiger partial charge in [-0.1, -0.05) is 48.5 Å². The Hall–Kier alpha value is -4.29. The van der Waals surface area contributed by atoms with E-state index in [-0.39, 0.29) is 34.8 Å². The number of amides is 3. The van der Waals surface area contributed by atoms with Crippen molar-refractivity contribution in [3.63, 3.8) is 0 Å². The molecule has 208 valence electrons. The minimum absolute atomic E-state index is 0.0278. The second kappa shape index (κ2) is 11.2. The second-order valence-corrected chi connectivity index (χ2v) is 8.49. The molecule has 3 N–H and O–H groups in total. The molecule has 0 aliphatic heterocycles. The molecule has 0 saturated carbocycles. The zero-order valence-electron chi connectivity index (χ0n) is 20.4. The smallest absolute Gasteiger partial charge is 0.435 e. The summed E-state index contributed by atoms with van der Waals surface area (Å²) in [6.07, 6.45) is -13.3. The molecule has 0 aliphatic rings. The Morgan fingerprint density at radius 1 is 0.718 bits per heavy atom. The average Bonchev–Trinajstić information content (AvgIpc) is 2.84. The number of benzene rings is 3. The summed E-state index contributed by atoms with van der Waals surface area (Å²) in [5, 5.41) is 7.25. The van der Waals surface area contributed by atoms with Crippen LogP contribution in [-0.4, -0.2) is 24.5 Å². The van der Waals surface area contributed by atoms with E-state index >= 15 is 0 Å². The van der Waals surface area contributed by atoms with Gasteiger partial charge in [-0.25, -0.2) is 14.0 Å². The van der Waals surface area contributed by atoms with Crippen LogP contribution in [0.3, 0.4) is 0 Å². The first-order chi connectivity index (χ1) is 18.1. The van der Waals surface area contributed by atoms with E-state index in [2.05, 4.69) is 16.0 Å². The van der Waals surface area contributed by atoms with Gasteiger partial charge in [0.05, 0.1) is 0 Å². The van der Waals surface area contributed by atoms with E-state index in [0.717, 1.165) is 19.4 Å². The van der Waals surface area contributed by atoms with Crippen LogP contribution in [0.1, 0.15) is 22.3 Å². The van der Waals surface area contributed by atoms with E-state index in [4.69, 9.17) is 4.74 Å². The van der Waals surface area contributed by atoms with Crippen molar-refractivity contribution in [1.82, 2.24) is 0 Å². The number of aryl methyl sites for hydroxylation is 2. The molecule has 3 aromatic carbocycles. The van der Waals surface area contributed by atoms with Gasteiger partial charge in [-0.3, -0.25) is 5.32 Å². The molecular weight excluding hydrogens is 535 g/mol. The summed E-state index contributed by atoms with van der Waals surface area (Å²) in [7, 11) is 0. The predicted molar refractivity (Wildman–Crippen MR) is 130 cm³/mol. The molecule has 6 nitrogen and oxygen atoms in total. The van der Waals surface area contributed by atoms with Crippen molar-refractivity contribution in [2.75, 3.05) is 16.0 Å². The van der Waals surface area contributed by atoms with Gasteiger partial charge in [-0.2, -0.15) is 26.3 Å². The lowest BCUT2D eigenvalue weighted by Gasteiger charge is -2.31. The van der Waals surface area contributed by atoms with Crippen LogP contribution in [0.2, 0.25) is 0 Å². The highest BCUT2D eigenvalue weighted by Gasteiger charge is 2.73.